The number of amides is 2. The highest BCUT2D eigenvalue weighted by Crippen LogP contribution is 2.22. The third-order valence-corrected chi connectivity index (χ3v) is 3.38. The molecule has 1 unspecified atom stereocenters. The van der Waals surface area contributed by atoms with E-state index >= 15 is 0 Å². The summed E-state index contributed by atoms with van der Waals surface area (Å²) in [4.78, 5) is 25.1. The van der Waals surface area contributed by atoms with Crippen molar-refractivity contribution in [2.24, 2.45) is 5.41 Å². The maximum absolute atomic E-state index is 12.0. The lowest BCUT2D eigenvalue weighted by Gasteiger charge is -2.33. The van der Waals surface area contributed by atoms with Crippen LogP contribution in [0.25, 0.3) is 0 Å². The van der Waals surface area contributed by atoms with Crippen molar-refractivity contribution in [3.63, 3.8) is 0 Å². The van der Waals surface area contributed by atoms with Gasteiger partial charge in [0, 0.05) is 32.2 Å². The second kappa shape index (κ2) is 7.61. The maximum Gasteiger partial charge on any atom is 0.329 e. The Kier molecular flexibility index (Phi) is 6.42. The molecule has 2 amide bonds. The molecule has 0 aromatic rings. The van der Waals surface area contributed by atoms with Gasteiger partial charge in [-0.1, -0.05) is 20.8 Å². The Morgan fingerprint density at radius 3 is 2.24 bits per heavy atom. The number of urea groups is 1. The summed E-state index contributed by atoms with van der Waals surface area (Å²) < 4.78 is 0. The highest BCUT2D eigenvalue weighted by molar-refractivity contribution is 5.75. The summed E-state index contributed by atoms with van der Waals surface area (Å²) >= 11 is 0. The van der Waals surface area contributed by atoms with Crippen molar-refractivity contribution in [1.29, 1.82) is 0 Å². The van der Waals surface area contributed by atoms with E-state index in [9.17, 15) is 9.59 Å². The number of carboxylic acids is 1. The monoisotopic (exact) mass is 300 g/mol. The first-order valence-electron chi connectivity index (χ1n) is 7.38. The standard InChI is InChI=1S/C14H28N4O3/c1-14(2,3)10-11(9-12(19)20)15-13(21)16-18-7-5-17(4)6-8-18/h11H,5-10H2,1-4H3,(H,19,20)(H2,15,16,21). The molecule has 7 heteroatoms. The summed E-state index contributed by atoms with van der Waals surface area (Å²) in [7, 11) is 2.05. The first-order valence-corrected chi connectivity index (χ1v) is 7.38. The summed E-state index contributed by atoms with van der Waals surface area (Å²) in [5.41, 5.74) is 2.75. The predicted molar refractivity (Wildman–Crippen MR) is 80.9 cm³/mol. The largest absolute Gasteiger partial charge is 0.481 e. The number of nitrogens with zero attached hydrogens (tertiary/aromatic N) is 2. The number of piperazine rings is 1. The molecule has 0 aromatic heterocycles. The minimum atomic E-state index is -0.899. The number of hydrogen-bond acceptors (Lipinski definition) is 4. The number of likely N-dealkylation sites (N-methyl/N-ethyl adjacent to an activating group) is 1. The molecule has 7 nitrogen and oxygen atoms in total. The van der Waals surface area contributed by atoms with Crippen molar-refractivity contribution in [2.75, 3.05) is 33.2 Å². The van der Waals surface area contributed by atoms with Crippen molar-refractivity contribution >= 4 is 12.0 Å². The van der Waals surface area contributed by atoms with Gasteiger partial charge in [-0.2, -0.15) is 0 Å². The number of rotatable bonds is 5. The zero-order valence-electron chi connectivity index (χ0n) is 13.5. The molecule has 1 rings (SSSR count). The molecule has 0 radical (unpaired) electrons. The Morgan fingerprint density at radius 1 is 1.19 bits per heavy atom. The Balaban J connectivity index is 2.45. The number of carbonyl (C=O) groups excluding carboxylic acids is 1. The van der Waals surface area contributed by atoms with Gasteiger partial charge in [0.2, 0.25) is 0 Å². The van der Waals surface area contributed by atoms with Gasteiger partial charge in [0.1, 0.15) is 0 Å². The number of aliphatic carboxylic acids is 1. The fraction of sp³-hybridized carbons (Fsp3) is 0.857. The van der Waals surface area contributed by atoms with Crippen molar-refractivity contribution < 1.29 is 14.7 Å². The van der Waals surface area contributed by atoms with Crippen LogP contribution in [-0.4, -0.2) is 66.3 Å². The SMILES string of the molecule is CN1CCN(NC(=O)NC(CC(=O)O)CC(C)(C)C)CC1. The Morgan fingerprint density at radius 2 is 1.76 bits per heavy atom. The summed E-state index contributed by atoms with van der Waals surface area (Å²) in [5.74, 6) is -0.899. The van der Waals surface area contributed by atoms with Crippen LogP contribution >= 0.6 is 0 Å². The molecule has 0 saturated carbocycles. The molecular formula is C14H28N4O3. The Hall–Kier alpha value is -1.34. The number of carboxylic acid groups (broad SMARTS) is 1. The second-order valence-electron chi connectivity index (χ2n) is 6.94. The number of hydrazine groups is 1. The van der Waals surface area contributed by atoms with E-state index in [2.05, 4.69) is 15.6 Å². The zero-order chi connectivity index (χ0) is 16.0. The maximum atomic E-state index is 12.0. The van der Waals surface area contributed by atoms with E-state index in [4.69, 9.17) is 5.11 Å². The van der Waals surface area contributed by atoms with Gasteiger partial charge in [-0.05, 0) is 18.9 Å². The lowest BCUT2D eigenvalue weighted by molar-refractivity contribution is -0.137. The molecule has 1 saturated heterocycles. The highest BCUT2D eigenvalue weighted by atomic mass is 16.4. The minimum Gasteiger partial charge on any atom is -0.481 e. The van der Waals surface area contributed by atoms with Gasteiger partial charge in [0.15, 0.2) is 0 Å². The third-order valence-electron chi connectivity index (χ3n) is 3.38. The molecular weight excluding hydrogens is 272 g/mol. The summed E-state index contributed by atoms with van der Waals surface area (Å²) in [6.45, 7) is 9.44. The lowest BCUT2D eigenvalue weighted by atomic mass is 9.87. The molecule has 21 heavy (non-hydrogen) atoms. The van der Waals surface area contributed by atoms with Crippen LogP contribution in [0.2, 0.25) is 0 Å². The molecule has 1 heterocycles. The van der Waals surface area contributed by atoms with Gasteiger partial charge in [0.25, 0.3) is 0 Å². The van der Waals surface area contributed by atoms with Crippen molar-refractivity contribution in [2.45, 2.75) is 39.7 Å². The van der Waals surface area contributed by atoms with Crippen LogP contribution in [0.15, 0.2) is 0 Å². The number of hydrogen-bond donors (Lipinski definition) is 3. The molecule has 122 valence electrons. The van der Waals surface area contributed by atoms with Gasteiger partial charge in [0.05, 0.1) is 6.42 Å². The molecule has 1 aliphatic rings. The third kappa shape index (κ3) is 7.87. The van der Waals surface area contributed by atoms with Gasteiger partial charge in [-0.3, -0.25) is 10.2 Å². The van der Waals surface area contributed by atoms with Crippen molar-refractivity contribution in [3.05, 3.63) is 0 Å². The Labute approximate surface area is 126 Å². The molecule has 0 aliphatic carbocycles. The van der Waals surface area contributed by atoms with E-state index in [1.165, 1.54) is 0 Å². The molecule has 3 N–H and O–H groups in total. The van der Waals surface area contributed by atoms with Crippen LogP contribution in [0.3, 0.4) is 0 Å². The lowest BCUT2D eigenvalue weighted by Crippen LogP contribution is -2.56. The van der Waals surface area contributed by atoms with E-state index < -0.39 is 5.97 Å². The molecule has 0 bridgehead atoms. The van der Waals surface area contributed by atoms with Crippen LogP contribution in [-0.2, 0) is 4.79 Å². The molecule has 1 fully saturated rings. The van der Waals surface area contributed by atoms with Gasteiger partial charge >= 0.3 is 12.0 Å². The van der Waals surface area contributed by atoms with Crippen LogP contribution in [0, 0.1) is 5.41 Å². The van der Waals surface area contributed by atoms with Gasteiger partial charge < -0.3 is 15.3 Å². The van der Waals surface area contributed by atoms with Crippen LogP contribution < -0.4 is 10.7 Å². The molecule has 1 aliphatic heterocycles. The first-order chi connectivity index (χ1) is 9.65. The first kappa shape index (κ1) is 17.7. The van der Waals surface area contributed by atoms with Crippen LogP contribution in [0.4, 0.5) is 4.79 Å². The molecule has 0 spiro atoms. The van der Waals surface area contributed by atoms with Gasteiger partial charge in [-0.15, -0.1) is 0 Å². The summed E-state index contributed by atoms with van der Waals surface area (Å²) in [6, 6.07) is -0.690. The highest BCUT2D eigenvalue weighted by Gasteiger charge is 2.24. The van der Waals surface area contributed by atoms with Crippen LogP contribution in [0.5, 0.6) is 0 Å². The predicted octanol–water partition coefficient (Wildman–Crippen LogP) is 0.728. The Bertz CT molecular complexity index is 360. The number of nitrogens with one attached hydrogen (secondary N) is 2. The average molecular weight is 300 g/mol. The zero-order valence-corrected chi connectivity index (χ0v) is 13.5. The fourth-order valence-corrected chi connectivity index (χ4v) is 2.40. The number of carbonyl (C=O) groups is 2. The normalized spacial score (nSPS) is 19.0. The van der Waals surface area contributed by atoms with Crippen molar-refractivity contribution in [1.82, 2.24) is 20.7 Å². The van der Waals surface area contributed by atoms with Crippen molar-refractivity contribution in [3.8, 4) is 0 Å². The van der Waals surface area contributed by atoms with Crippen LogP contribution in [0.1, 0.15) is 33.6 Å². The second-order valence-corrected chi connectivity index (χ2v) is 6.94. The van der Waals surface area contributed by atoms with Gasteiger partial charge in [-0.25, -0.2) is 9.80 Å². The van der Waals surface area contributed by atoms with E-state index in [1.807, 2.05) is 32.8 Å². The smallest absolute Gasteiger partial charge is 0.329 e. The average Bonchev–Trinajstić information content (AvgIpc) is 2.28. The summed E-state index contributed by atoms with van der Waals surface area (Å²) in [5, 5.41) is 13.6. The topological polar surface area (TPSA) is 84.9 Å². The molecule has 1 atom stereocenters. The van der Waals surface area contributed by atoms with E-state index in [-0.39, 0.29) is 23.9 Å². The van der Waals surface area contributed by atoms with E-state index in [1.54, 1.807) is 0 Å². The van der Waals surface area contributed by atoms with E-state index in [0.29, 0.717) is 6.42 Å². The fourth-order valence-electron chi connectivity index (χ4n) is 2.40. The minimum absolute atomic E-state index is 0.0404. The quantitative estimate of drug-likeness (QED) is 0.697. The van der Waals surface area contributed by atoms with E-state index in [0.717, 1.165) is 26.2 Å². The summed E-state index contributed by atoms with van der Waals surface area (Å²) in [6.07, 6.45) is 0.558. The molecule has 0 aromatic carbocycles.